The molecular weight excluding hydrogens is 380 g/mol. The van der Waals surface area contributed by atoms with Gasteiger partial charge >= 0.3 is 0 Å². The molecule has 17 heavy (non-hydrogen) atoms. The van der Waals surface area contributed by atoms with Crippen molar-refractivity contribution in [3.63, 3.8) is 0 Å². The van der Waals surface area contributed by atoms with Crippen molar-refractivity contribution in [3.8, 4) is 17.4 Å². The Morgan fingerprint density at radius 2 is 2.12 bits per heavy atom. The molecule has 2 heterocycles. The van der Waals surface area contributed by atoms with Crippen molar-refractivity contribution in [1.29, 1.82) is 0 Å². The van der Waals surface area contributed by atoms with Gasteiger partial charge in [0.2, 0.25) is 5.88 Å². The largest absolute Gasteiger partial charge is 0.492 e. The number of halogens is 3. The molecule has 0 saturated carbocycles. The molecule has 0 aliphatic carbocycles. The second kappa shape index (κ2) is 4.79. The monoisotopic (exact) mass is 383 g/mol. The molecule has 5 nitrogen and oxygen atoms in total. The van der Waals surface area contributed by atoms with Crippen LogP contribution in [0, 0.1) is 3.57 Å². The summed E-state index contributed by atoms with van der Waals surface area (Å²) in [5.41, 5.74) is -0.208. The van der Waals surface area contributed by atoms with Crippen molar-refractivity contribution in [2.45, 2.75) is 0 Å². The van der Waals surface area contributed by atoms with Crippen LogP contribution in [-0.4, -0.2) is 20.1 Å². The Kier molecular flexibility index (Phi) is 3.55. The summed E-state index contributed by atoms with van der Waals surface area (Å²) in [7, 11) is 0. The summed E-state index contributed by atoms with van der Waals surface area (Å²) in [5.74, 6) is -0.272. The summed E-state index contributed by atoms with van der Waals surface area (Å²) >= 11 is 13.3. The van der Waals surface area contributed by atoms with Gasteiger partial charge in [0.25, 0.3) is 5.56 Å². The molecule has 0 amide bonds. The van der Waals surface area contributed by atoms with Gasteiger partial charge in [-0.1, -0.05) is 23.2 Å². The normalized spacial score (nSPS) is 10.5. The molecule has 0 aliphatic heterocycles. The first kappa shape index (κ1) is 12.6. The number of aromatic nitrogens is 3. The number of hydrogen-bond acceptors (Lipinski definition) is 4. The zero-order chi connectivity index (χ0) is 12.6. The maximum absolute atomic E-state index is 11.5. The number of nitrogens with one attached hydrogen (secondary N) is 1. The highest BCUT2D eigenvalue weighted by atomic mass is 127. The van der Waals surface area contributed by atoms with E-state index in [2.05, 4.69) is 15.0 Å². The van der Waals surface area contributed by atoms with E-state index in [4.69, 9.17) is 23.2 Å². The van der Waals surface area contributed by atoms with Crippen LogP contribution < -0.4 is 5.56 Å². The van der Waals surface area contributed by atoms with Crippen LogP contribution in [0.2, 0.25) is 10.0 Å². The zero-order valence-corrected chi connectivity index (χ0v) is 11.7. The van der Waals surface area contributed by atoms with Crippen LogP contribution in [0.15, 0.2) is 17.1 Å². The Morgan fingerprint density at radius 3 is 2.71 bits per heavy atom. The van der Waals surface area contributed by atoms with Gasteiger partial charge in [0, 0.05) is 6.20 Å². The van der Waals surface area contributed by atoms with Gasteiger partial charge < -0.3 is 10.1 Å². The molecule has 88 valence electrons. The topological polar surface area (TPSA) is 78.9 Å². The van der Waals surface area contributed by atoms with E-state index in [-0.39, 0.29) is 26.0 Å². The molecule has 0 aromatic carbocycles. The highest BCUT2D eigenvalue weighted by molar-refractivity contribution is 14.1. The number of aromatic amines is 1. The molecule has 2 aromatic rings. The molecule has 0 atom stereocenters. The maximum atomic E-state index is 11.5. The lowest BCUT2D eigenvalue weighted by Gasteiger charge is -2.04. The van der Waals surface area contributed by atoms with Crippen LogP contribution in [0.4, 0.5) is 0 Å². The van der Waals surface area contributed by atoms with Crippen LogP contribution in [-0.2, 0) is 0 Å². The van der Waals surface area contributed by atoms with E-state index >= 15 is 0 Å². The average molecular weight is 384 g/mol. The molecular formula is C9H4Cl2IN3O2. The molecule has 2 rings (SSSR count). The molecule has 0 aliphatic rings. The Hall–Kier alpha value is -0.860. The second-order valence-corrected chi connectivity index (χ2v) is 4.96. The SMILES string of the molecule is O=c1[nH]c(-c2ncc(Cl)cc2Cl)nc(O)c1I. The number of pyridine rings is 1. The third-order valence-corrected chi connectivity index (χ3v) is 3.34. The lowest BCUT2D eigenvalue weighted by Crippen LogP contribution is -2.12. The molecule has 0 saturated heterocycles. The van der Waals surface area contributed by atoms with Crippen LogP contribution >= 0.6 is 45.8 Å². The van der Waals surface area contributed by atoms with E-state index in [1.54, 1.807) is 22.6 Å². The lowest BCUT2D eigenvalue weighted by molar-refractivity contribution is 0.447. The summed E-state index contributed by atoms with van der Waals surface area (Å²) in [5, 5.41) is 10.1. The molecule has 0 unspecified atom stereocenters. The fourth-order valence-corrected chi connectivity index (χ4v) is 1.87. The number of rotatable bonds is 1. The fourth-order valence-electron chi connectivity index (χ4n) is 1.15. The van der Waals surface area contributed by atoms with Gasteiger partial charge in [-0.3, -0.25) is 4.79 Å². The summed E-state index contributed by atoms with van der Waals surface area (Å²) in [6.07, 6.45) is 1.37. The van der Waals surface area contributed by atoms with Crippen molar-refractivity contribution >= 4 is 45.8 Å². The van der Waals surface area contributed by atoms with Gasteiger partial charge in [-0.15, -0.1) is 0 Å². The predicted octanol–water partition coefficient (Wildman–Crippen LogP) is 2.45. The van der Waals surface area contributed by atoms with E-state index in [0.717, 1.165) is 0 Å². The highest BCUT2D eigenvalue weighted by Crippen LogP contribution is 2.26. The standard InChI is InChI=1S/C9H4Cl2IN3O2/c10-3-1-4(11)6(13-2-3)7-14-8(16)5(12)9(17)15-7/h1-2H,(H2,14,15,16,17). The van der Waals surface area contributed by atoms with Crippen molar-refractivity contribution in [1.82, 2.24) is 15.0 Å². The summed E-state index contributed by atoms with van der Waals surface area (Å²) < 4.78 is 0.108. The van der Waals surface area contributed by atoms with E-state index in [1.165, 1.54) is 12.3 Å². The number of hydrogen-bond donors (Lipinski definition) is 2. The fraction of sp³-hybridized carbons (Fsp3) is 0. The van der Waals surface area contributed by atoms with Crippen molar-refractivity contribution in [3.05, 3.63) is 36.2 Å². The Balaban J connectivity index is 2.65. The van der Waals surface area contributed by atoms with E-state index < -0.39 is 5.56 Å². The molecule has 8 heteroatoms. The third kappa shape index (κ3) is 2.53. The Morgan fingerprint density at radius 1 is 1.41 bits per heavy atom. The van der Waals surface area contributed by atoms with Crippen molar-refractivity contribution in [2.75, 3.05) is 0 Å². The smallest absolute Gasteiger partial charge is 0.268 e. The predicted molar refractivity (Wildman–Crippen MR) is 72.5 cm³/mol. The molecule has 0 radical (unpaired) electrons. The second-order valence-electron chi connectivity index (χ2n) is 3.04. The van der Waals surface area contributed by atoms with Crippen molar-refractivity contribution < 1.29 is 5.11 Å². The minimum atomic E-state index is -0.457. The van der Waals surface area contributed by atoms with Gasteiger partial charge in [0.1, 0.15) is 9.26 Å². The summed E-state index contributed by atoms with van der Waals surface area (Å²) in [6, 6.07) is 1.47. The summed E-state index contributed by atoms with van der Waals surface area (Å²) in [4.78, 5) is 21.7. The summed E-state index contributed by atoms with van der Waals surface area (Å²) in [6.45, 7) is 0. The van der Waals surface area contributed by atoms with Gasteiger partial charge in [0.15, 0.2) is 5.82 Å². The van der Waals surface area contributed by atoms with E-state index in [0.29, 0.717) is 5.02 Å². The van der Waals surface area contributed by atoms with Crippen LogP contribution in [0.1, 0.15) is 0 Å². The molecule has 0 spiro atoms. The number of aromatic hydroxyl groups is 1. The molecule has 0 fully saturated rings. The average Bonchev–Trinajstić information content (AvgIpc) is 2.25. The molecule has 0 bridgehead atoms. The van der Waals surface area contributed by atoms with Gasteiger partial charge in [0.05, 0.1) is 10.0 Å². The Bertz CT molecular complexity index is 645. The van der Waals surface area contributed by atoms with Gasteiger partial charge in [-0.25, -0.2) is 4.98 Å². The molecule has 2 aromatic heterocycles. The van der Waals surface area contributed by atoms with Gasteiger partial charge in [-0.05, 0) is 28.7 Å². The Labute approximate surface area is 119 Å². The van der Waals surface area contributed by atoms with Crippen LogP contribution in [0.3, 0.4) is 0 Å². The minimum Gasteiger partial charge on any atom is -0.492 e. The van der Waals surface area contributed by atoms with Gasteiger partial charge in [-0.2, -0.15) is 4.98 Å². The first-order valence-electron chi connectivity index (χ1n) is 4.29. The first-order chi connectivity index (χ1) is 7.99. The lowest BCUT2D eigenvalue weighted by atomic mass is 10.3. The van der Waals surface area contributed by atoms with Crippen LogP contribution in [0.25, 0.3) is 11.5 Å². The third-order valence-electron chi connectivity index (χ3n) is 1.88. The molecule has 2 N–H and O–H groups in total. The quantitative estimate of drug-likeness (QED) is 0.741. The van der Waals surface area contributed by atoms with E-state index in [1.807, 2.05) is 0 Å². The first-order valence-corrected chi connectivity index (χ1v) is 6.12. The number of H-pyrrole nitrogens is 1. The van der Waals surface area contributed by atoms with E-state index in [9.17, 15) is 9.90 Å². The highest BCUT2D eigenvalue weighted by Gasteiger charge is 2.13. The van der Waals surface area contributed by atoms with Crippen molar-refractivity contribution in [2.24, 2.45) is 0 Å². The zero-order valence-electron chi connectivity index (χ0n) is 8.04. The minimum absolute atomic E-state index is 0.0922. The van der Waals surface area contributed by atoms with Crippen LogP contribution in [0.5, 0.6) is 5.88 Å². The maximum Gasteiger partial charge on any atom is 0.268 e. The number of nitrogens with zero attached hydrogens (tertiary/aromatic N) is 2.